The minimum atomic E-state index is 0.346. The van der Waals surface area contributed by atoms with Gasteiger partial charge in [-0.1, -0.05) is 22.0 Å². The molecule has 2 N–H and O–H groups in total. The zero-order chi connectivity index (χ0) is 10.8. The highest BCUT2D eigenvalue weighted by Crippen LogP contribution is 2.27. The second-order valence-electron chi connectivity index (χ2n) is 3.50. The molecule has 0 radical (unpaired) electrons. The van der Waals surface area contributed by atoms with Crippen LogP contribution >= 0.6 is 15.9 Å². The van der Waals surface area contributed by atoms with Gasteiger partial charge in [-0.15, -0.1) is 0 Å². The average Bonchev–Trinajstić information content (AvgIpc) is 2.20. The Balaban J connectivity index is 2.61. The SMILES string of the molecule is CNCc1cc2cc(Br)ccc2cc1O. The average molecular weight is 266 g/mol. The van der Waals surface area contributed by atoms with Crippen molar-refractivity contribution in [3.8, 4) is 5.75 Å². The predicted molar refractivity (Wildman–Crippen MR) is 66.1 cm³/mol. The van der Waals surface area contributed by atoms with Crippen LogP contribution in [0.2, 0.25) is 0 Å². The molecule has 0 aromatic heterocycles. The zero-order valence-electron chi connectivity index (χ0n) is 8.42. The molecule has 0 aliphatic rings. The number of hydrogen-bond donors (Lipinski definition) is 2. The summed E-state index contributed by atoms with van der Waals surface area (Å²) in [6, 6.07) is 9.82. The van der Waals surface area contributed by atoms with Crippen LogP contribution in [-0.4, -0.2) is 12.2 Å². The smallest absolute Gasteiger partial charge is 0.120 e. The van der Waals surface area contributed by atoms with Crippen molar-refractivity contribution in [3.05, 3.63) is 40.4 Å². The molecule has 78 valence electrons. The molecular weight excluding hydrogens is 254 g/mol. The molecule has 0 fully saturated rings. The standard InChI is InChI=1S/C12H12BrNO/c1-14-7-10-4-9-5-11(13)3-2-8(9)6-12(10)15/h2-6,14-15H,7H2,1H3. The van der Waals surface area contributed by atoms with Crippen molar-refractivity contribution in [2.45, 2.75) is 6.54 Å². The van der Waals surface area contributed by atoms with E-state index in [9.17, 15) is 5.11 Å². The van der Waals surface area contributed by atoms with Gasteiger partial charge in [0.15, 0.2) is 0 Å². The van der Waals surface area contributed by atoms with E-state index in [-0.39, 0.29) is 0 Å². The first-order valence-electron chi connectivity index (χ1n) is 4.76. The Bertz CT molecular complexity index is 496. The van der Waals surface area contributed by atoms with Gasteiger partial charge >= 0.3 is 0 Å². The molecule has 3 heteroatoms. The molecule has 2 aromatic rings. The minimum Gasteiger partial charge on any atom is -0.508 e. The van der Waals surface area contributed by atoms with Crippen LogP contribution in [0.3, 0.4) is 0 Å². The fourth-order valence-electron chi connectivity index (χ4n) is 1.64. The number of rotatable bonds is 2. The van der Waals surface area contributed by atoms with Gasteiger partial charge in [-0.3, -0.25) is 0 Å². The van der Waals surface area contributed by atoms with E-state index in [0.29, 0.717) is 12.3 Å². The van der Waals surface area contributed by atoms with Gasteiger partial charge < -0.3 is 10.4 Å². The molecule has 0 spiro atoms. The number of phenolic OH excluding ortho intramolecular Hbond substituents is 1. The van der Waals surface area contributed by atoms with Crippen LogP contribution < -0.4 is 5.32 Å². The Hall–Kier alpha value is -1.06. The van der Waals surface area contributed by atoms with E-state index in [1.165, 1.54) is 0 Å². The first kappa shape index (κ1) is 10.5. The van der Waals surface area contributed by atoms with Gasteiger partial charge in [-0.25, -0.2) is 0 Å². The van der Waals surface area contributed by atoms with Crippen LogP contribution in [0.5, 0.6) is 5.75 Å². The topological polar surface area (TPSA) is 32.3 Å². The van der Waals surface area contributed by atoms with E-state index in [2.05, 4.69) is 21.2 Å². The van der Waals surface area contributed by atoms with Gasteiger partial charge in [0.2, 0.25) is 0 Å². The quantitative estimate of drug-likeness (QED) is 0.875. The van der Waals surface area contributed by atoms with Crippen molar-refractivity contribution < 1.29 is 5.11 Å². The molecule has 2 rings (SSSR count). The first-order valence-corrected chi connectivity index (χ1v) is 5.56. The summed E-state index contributed by atoms with van der Waals surface area (Å²) in [6.07, 6.45) is 0. The highest BCUT2D eigenvalue weighted by Gasteiger charge is 2.03. The van der Waals surface area contributed by atoms with Gasteiger partial charge in [0.25, 0.3) is 0 Å². The summed E-state index contributed by atoms with van der Waals surface area (Å²) in [7, 11) is 1.87. The fraction of sp³-hybridized carbons (Fsp3) is 0.167. The highest BCUT2D eigenvalue weighted by molar-refractivity contribution is 9.10. The van der Waals surface area contributed by atoms with Crippen LogP contribution in [0, 0.1) is 0 Å². The lowest BCUT2D eigenvalue weighted by Crippen LogP contribution is -2.05. The Kier molecular flexibility index (Phi) is 2.93. The van der Waals surface area contributed by atoms with Crippen LogP contribution in [0.1, 0.15) is 5.56 Å². The normalized spacial score (nSPS) is 10.8. The summed E-state index contributed by atoms with van der Waals surface area (Å²) in [6.45, 7) is 0.675. The molecule has 0 amide bonds. The maximum Gasteiger partial charge on any atom is 0.120 e. The Labute approximate surface area is 97.1 Å². The van der Waals surface area contributed by atoms with Gasteiger partial charge in [0.05, 0.1) is 0 Å². The number of aromatic hydroxyl groups is 1. The molecule has 0 atom stereocenters. The lowest BCUT2D eigenvalue weighted by Gasteiger charge is -2.06. The molecular formula is C12H12BrNO. The minimum absolute atomic E-state index is 0.346. The number of phenols is 1. The van der Waals surface area contributed by atoms with Gasteiger partial charge in [0.1, 0.15) is 5.75 Å². The number of benzene rings is 2. The van der Waals surface area contributed by atoms with Crippen molar-refractivity contribution in [1.82, 2.24) is 5.32 Å². The summed E-state index contributed by atoms with van der Waals surface area (Å²) in [5.41, 5.74) is 0.920. The predicted octanol–water partition coefficient (Wildman–Crippen LogP) is 3.03. The zero-order valence-corrected chi connectivity index (χ0v) is 10.0. The number of fused-ring (bicyclic) bond motifs is 1. The summed E-state index contributed by atoms with van der Waals surface area (Å²) in [5, 5.41) is 15.0. The molecule has 0 aliphatic carbocycles. The van der Waals surface area contributed by atoms with E-state index in [4.69, 9.17) is 0 Å². The number of hydrogen-bond acceptors (Lipinski definition) is 2. The Morgan fingerprint density at radius 1 is 1.20 bits per heavy atom. The van der Waals surface area contributed by atoms with Crippen molar-refractivity contribution in [3.63, 3.8) is 0 Å². The Morgan fingerprint density at radius 2 is 2.00 bits per heavy atom. The van der Waals surface area contributed by atoms with E-state index >= 15 is 0 Å². The third-order valence-electron chi connectivity index (χ3n) is 2.37. The molecule has 2 aromatic carbocycles. The van der Waals surface area contributed by atoms with Gasteiger partial charge in [0, 0.05) is 16.6 Å². The molecule has 0 aliphatic heterocycles. The molecule has 0 bridgehead atoms. The molecule has 0 saturated heterocycles. The summed E-state index contributed by atoms with van der Waals surface area (Å²) in [5.74, 6) is 0.346. The summed E-state index contributed by atoms with van der Waals surface area (Å²) < 4.78 is 1.05. The number of halogens is 1. The third kappa shape index (κ3) is 2.13. The number of nitrogens with one attached hydrogen (secondary N) is 1. The molecule has 15 heavy (non-hydrogen) atoms. The third-order valence-corrected chi connectivity index (χ3v) is 2.86. The van der Waals surface area contributed by atoms with Gasteiger partial charge in [-0.05, 0) is 42.1 Å². The van der Waals surface area contributed by atoms with Crippen molar-refractivity contribution in [2.75, 3.05) is 7.05 Å². The second kappa shape index (κ2) is 4.21. The van der Waals surface area contributed by atoms with Crippen LogP contribution in [0.15, 0.2) is 34.8 Å². The molecule has 0 saturated carbocycles. The maximum absolute atomic E-state index is 9.76. The lowest BCUT2D eigenvalue weighted by molar-refractivity contribution is 0.467. The molecule has 0 heterocycles. The van der Waals surface area contributed by atoms with Crippen LogP contribution in [0.25, 0.3) is 10.8 Å². The van der Waals surface area contributed by atoms with Crippen LogP contribution in [-0.2, 0) is 6.54 Å². The fourth-order valence-corrected chi connectivity index (χ4v) is 2.01. The monoisotopic (exact) mass is 265 g/mol. The van der Waals surface area contributed by atoms with Gasteiger partial charge in [-0.2, -0.15) is 0 Å². The highest BCUT2D eigenvalue weighted by atomic mass is 79.9. The van der Waals surface area contributed by atoms with E-state index in [1.807, 2.05) is 31.3 Å². The van der Waals surface area contributed by atoms with Crippen molar-refractivity contribution >= 4 is 26.7 Å². The lowest BCUT2D eigenvalue weighted by atomic mass is 10.1. The summed E-state index contributed by atoms with van der Waals surface area (Å²) >= 11 is 3.44. The summed E-state index contributed by atoms with van der Waals surface area (Å²) in [4.78, 5) is 0. The second-order valence-corrected chi connectivity index (χ2v) is 4.42. The van der Waals surface area contributed by atoms with Crippen LogP contribution in [0.4, 0.5) is 0 Å². The maximum atomic E-state index is 9.76. The largest absolute Gasteiger partial charge is 0.508 e. The molecule has 2 nitrogen and oxygen atoms in total. The molecule has 0 unspecified atom stereocenters. The van der Waals surface area contributed by atoms with E-state index < -0.39 is 0 Å². The first-order chi connectivity index (χ1) is 7.20. The Morgan fingerprint density at radius 3 is 2.73 bits per heavy atom. The van der Waals surface area contributed by atoms with Crippen molar-refractivity contribution in [1.29, 1.82) is 0 Å². The van der Waals surface area contributed by atoms with Crippen molar-refractivity contribution in [2.24, 2.45) is 0 Å². The van der Waals surface area contributed by atoms with E-state index in [1.54, 1.807) is 6.07 Å². The van der Waals surface area contributed by atoms with E-state index in [0.717, 1.165) is 20.8 Å².